The number of fused-ring (bicyclic) bond motifs is 1. The standard InChI is InChI=1S/C12H19N3O2/c16-11-12(17)15-5-4-14(7-9-2-1-3-9)8-10(15)6-13-11/h9-10H,1-8H2,(H,13,16)/t10-/m1/s1. The summed E-state index contributed by atoms with van der Waals surface area (Å²) in [5, 5.41) is 2.68. The second-order valence-electron chi connectivity index (χ2n) is 5.42. The normalized spacial score (nSPS) is 30.8. The van der Waals surface area contributed by atoms with E-state index in [0.29, 0.717) is 13.1 Å². The van der Waals surface area contributed by atoms with Gasteiger partial charge in [0, 0.05) is 32.7 Å². The minimum Gasteiger partial charge on any atom is -0.346 e. The van der Waals surface area contributed by atoms with Crippen molar-refractivity contribution in [2.75, 3.05) is 32.7 Å². The largest absolute Gasteiger partial charge is 0.346 e. The zero-order chi connectivity index (χ0) is 11.8. The molecule has 2 saturated heterocycles. The Hall–Kier alpha value is -1.10. The molecule has 0 radical (unpaired) electrons. The van der Waals surface area contributed by atoms with E-state index in [1.807, 2.05) is 0 Å². The van der Waals surface area contributed by atoms with Crippen LogP contribution in [-0.4, -0.2) is 60.4 Å². The highest BCUT2D eigenvalue weighted by molar-refractivity contribution is 6.35. The van der Waals surface area contributed by atoms with E-state index in [1.54, 1.807) is 4.90 Å². The molecule has 0 aromatic rings. The average molecular weight is 237 g/mol. The van der Waals surface area contributed by atoms with Crippen molar-refractivity contribution < 1.29 is 9.59 Å². The van der Waals surface area contributed by atoms with Gasteiger partial charge < -0.3 is 10.2 Å². The van der Waals surface area contributed by atoms with Gasteiger partial charge in [-0.15, -0.1) is 0 Å². The van der Waals surface area contributed by atoms with Gasteiger partial charge in [0.15, 0.2) is 0 Å². The van der Waals surface area contributed by atoms with Crippen molar-refractivity contribution in [3.05, 3.63) is 0 Å². The van der Waals surface area contributed by atoms with E-state index in [-0.39, 0.29) is 11.9 Å². The summed E-state index contributed by atoms with van der Waals surface area (Å²) in [6, 6.07) is 0.189. The number of carbonyl (C=O) groups excluding carboxylic acids is 2. The molecule has 1 saturated carbocycles. The van der Waals surface area contributed by atoms with Gasteiger partial charge in [0.05, 0.1) is 6.04 Å². The van der Waals surface area contributed by atoms with Gasteiger partial charge in [0.2, 0.25) is 0 Å². The quantitative estimate of drug-likeness (QED) is 0.654. The van der Waals surface area contributed by atoms with Gasteiger partial charge >= 0.3 is 11.8 Å². The van der Waals surface area contributed by atoms with Gasteiger partial charge in [-0.1, -0.05) is 6.42 Å². The molecule has 0 aromatic carbocycles. The first-order chi connectivity index (χ1) is 8.24. The molecule has 2 amide bonds. The molecular formula is C12H19N3O2. The molecule has 2 aliphatic heterocycles. The van der Waals surface area contributed by atoms with Crippen LogP contribution >= 0.6 is 0 Å². The number of hydrogen-bond donors (Lipinski definition) is 1. The molecule has 3 aliphatic rings. The van der Waals surface area contributed by atoms with Gasteiger partial charge in [-0.25, -0.2) is 0 Å². The predicted molar refractivity (Wildman–Crippen MR) is 62.3 cm³/mol. The number of nitrogens with one attached hydrogen (secondary N) is 1. The first-order valence-corrected chi connectivity index (χ1v) is 6.55. The molecule has 17 heavy (non-hydrogen) atoms. The molecule has 1 atom stereocenters. The molecule has 0 bridgehead atoms. The summed E-state index contributed by atoms with van der Waals surface area (Å²) in [7, 11) is 0. The molecule has 5 nitrogen and oxygen atoms in total. The highest BCUT2D eigenvalue weighted by Crippen LogP contribution is 2.28. The fraction of sp³-hybridized carbons (Fsp3) is 0.833. The van der Waals surface area contributed by atoms with Crippen LogP contribution in [0.4, 0.5) is 0 Å². The molecule has 5 heteroatoms. The number of piperazine rings is 2. The Labute approximate surface area is 101 Å². The Kier molecular flexibility index (Phi) is 2.78. The molecule has 3 fully saturated rings. The summed E-state index contributed by atoms with van der Waals surface area (Å²) in [6.45, 7) is 4.34. The van der Waals surface area contributed by atoms with Crippen molar-refractivity contribution in [1.29, 1.82) is 0 Å². The highest BCUT2D eigenvalue weighted by Gasteiger charge is 2.38. The van der Waals surface area contributed by atoms with E-state index in [0.717, 1.165) is 19.0 Å². The van der Waals surface area contributed by atoms with Crippen LogP contribution in [-0.2, 0) is 9.59 Å². The van der Waals surface area contributed by atoms with Crippen molar-refractivity contribution in [3.8, 4) is 0 Å². The molecule has 0 unspecified atom stereocenters. The van der Waals surface area contributed by atoms with Crippen LogP contribution in [0.3, 0.4) is 0 Å². The van der Waals surface area contributed by atoms with Crippen LogP contribution in [0.5, 0.6) is 0 Å². The molecule has 0 aromatic heterocycles. The summed E-state index contributed by atoms with van der Waals surface area (Å²) >= 11 is 0. The van der Waals surface area contributed by atoms with E-state index in [1.165, 1.54) is 25.8 Å². The van der Waals surface area contributed by atoms with Crippen molar-refractivity contribution in [1.82, 2.24) is 15.1 Å². The van der Waals surface area contributed by atoms with Gasteiger partial charge in [-0.05, 0) is 18.8 Å². The Bertz CT molecular complexity index is 341. The van der Waals surface area contributed by atoms with Crippen molar-refractivity contribution in [3.63, 3.8) is 0 Å². The fourth-order valence-electron chi connectivity index (χ4n) is 2.98. The number of hydrogen-bond acceptors (Lipinski definition) is 3. The minimum atomic E-state index is -0.436. The topological polar surface area (TPSA) is 52.7 Å². The molecule has 1 aliphatic carbocycles. The Morgan fingerprint density at radius 1 is 1.24 bits per heavy atom. The van der Waals surface area contributed by atoms with Crippen LogP contribution in [0.25, 0.3) is 0 Å². The van der Waals surface area contributed by atoms with E-state index in [4.69, 9.17) is 0 Å². The Morgan fingerprint density at radius 3 is 2.76 bits per heavy atom. The lowest BCUT2D eigenvalue weighted by atomic mass is 9.85. The first kappa shape index (κ1) is 11.0. The first-order valence-electron chi connectivity index (χ1n) is 6.55. The number of rotatable bonds is 2. The highest BCUT2D eigenvalue weighted by atomic mass is 16.2. The Morgan fingerprint density at radius 2 is 2.06 bits per heavy atom. The third-order valence-electron chi connectivity index (χ3n) is 4.26. The maximum atomic E-state index is 11.7. The summed E-state index contributed by atoms with van der Waals surface area (Å²) in [6.07, 6.45) is 4.10. The number of nitrogens with zero attached hydrogens (tertiary/aromatic N) is 2. The second kappa shape index (κ2) is 4.29. The maximum Gasteiger partial charge on any atom is 0.312 e. The molecule has 1 N–H and O–H groups in total. The SMILES string of the molecule is O=C1NC[C@@H]2CN(CC3CCC3)CCN2C1=O. The van der Waals surface area contributed by atoms with Crippen molar-refractivity contribution in [2.45, 2.75) is 25.3 Å². The lowest BCUT2D eigenvalue weighted by Crippen LogP contribution is -2.65. The molecule has 94 valence electrons. The zero-order valence-corrected chi connectivity index (χ0v) is 10.0. The van der Waals surface area contributed by atoms with Crippen LogP contribution in [0, 0.1) is 5.92 Å². The van der Waals surface area contributed by atoms with E-state index in [2.05, 4.69) is 10.2 Å². The van der Waals surface area contributed by atoms with Crippen molar-refractivity contribution in [2.24, 2.45) is 5.92 Å². The lowest BCUT2D eigenvalue weighted by molar-refractivity contribution is -0.152. The molecule has 3 rings (SSSR count). The number of carbonyl (C=O) groups is 2. The smallest absolute Gasteiger partial charge is 0.312 e. The van der Waals surface area contributed by atoms with Crippen LogP contribution < -0.4 is 5.32 Å². The predicted octanol–water partition coefficient (Wildman–Crippen LogP) is -0.571. The van der Waals surface area contributed by atoms with Crippen LogP contribution in [0.1, 0.15) is 19.3 Å². The zero-order valence-electron chi connectivity index (χ0n) is 10.0. The van der Waals surface area contributed by atoms with E-state index < -0.39 is 5.91 Å². The third kappa shape index (κ3) is 2.04. The summed E-state index contributed by atoms with van der Waals surface area (Å²) in [5.74, 6) is 0.0914. The monoisotopic (exact) mass is 237 g/mol. The Balaban J connectivity index is 1.58. The second-order valence-corrected chi connectivity index (χ2v) is 5.42. The van der Waals surface area contributed by atoms with E-state index in [9.17, 15) is 9.59 Å². The molecular weight excluding hydrogens is 218 g/mol. The lowest BCUT2D eigenvalue weighted by Gasteiger charge is -2.45. The maximum absolute atomic E-state index is 11.7. The summed E-state index contributed by atoms with van der Waals surface area (Å²) < 4.78 is 0. The van der Waals surface area contributed by atoms with Gasteiger partial charge in [-0.2, -0.15) is 0 Å². The van der Waals surface area contributed by atoms with Crippen LogP contribution in [0.15, 0.2) is 0 Å². The van der Waals surface area contributed by atoms with Crippen molar-refractivity contribution >= 4 is 11.8 Å². The minimum absolute atomic E-state index is 0.189. The third-order valence-corrected chi connectivity index (χ3v) is 4.26. The van der Waals surface area contributed by atoms with Crippen LogP contribution in [0.2, 0.25) is 0 Å². The summed E-state index contributed by atoms with van der Waals surface area (Å²) in [4.78, 5) is 27.1. The van der Waals surface area contributed by atoms with Gasteiger partial charge in [-0.3, -0.25) is 14.5 Å². The van der Waals surface area contributed by atoms with Gasteiger partial charge in [0.25, 0.3) is 0 Å². The summed E-state index contributed by atoms with van der Waals surface area (Å²) in [5.41, 5.74) is 0. The molecule has 0 spiro atoms. The average Bonchev–Trinajstić information content (AvgIpc) is 2.29. The fourth-order valence-corrected chi connectivity index (χ4v) is 2.98. The molecule has 2 heterocycles. The van der Waals surface area contributed by atoms with E-state index >= 15 is 0 Å². The van der Waals surface area contributed by atoms with Gasteiger partial charge in [0.1, 0.15) is 0 Å². The number of amides is 2.